The van der Waals surface area contributed by atoms with Crippen LogP contribution in [0.2, 0.25) is 0 Å². The van der Waals surface area contributed by atoms with Gasteiger partial charge in [-0.2, -0.15) is 13.2 Å². The van der Waals surface area contributed by atoms with Crippen LogP contribution in [0.1, 0.15) is 32.1 Å². The Morgan fingerprint density at radius 1 is 1.19 bits per heavy atom. The summed E-state index contributed by atoms with van der Waals surface area (Å²) in [7, 11) is 0. The molecule has 94 valence electrons. The van der Waals surface area contributed by atoms with E-state index in [1.807, 2.05) is 0 Å². The summed E-state index contributed by atoms with van der Waals surface area (Å²) in [5, 5.41) is 5.97. The first kappa shape index (κ1) is 12.2. The molecule has 0 unspecified atom stereocenters. The average molecular weight is 236 g/mol. The molecule has 1 aliphatic heterocycles. The van der Waals surface area contributed by atoms with Crippen molar-refractivity contribution in [2.45, 2.75) is 43.8 Å². The molecule has 2 fully saturated rings. The second-order valence-electron chi connectivity index (χ2n) is 4.99. The third-order valence-electron chi connectivity index (χ3n) is 3.77. The van der Waals surface area contributed by atoms with E-state index in [-0.39, 0.29) is 12.8 Å². The lowest BCUT2D eigenvalue weighted by molar-refractivity contribution is -0.165. The van der Waals surface area contributed by atoms with Gasteiger partial charge in [0.15, 0.2) is 0 Å². The Bertz CT molecular complexity index is 230. The van der Waals surface area contributed by atoms with Crippen molar-refractivity contribution in [1.82, 2.24) is 10.6 Å². The maximum atomic E-state index is 12.6. The Morgan fingerprint density at radius 2 is 1.81 bits per heavy atom. The van der Waals surface area contributed by atoms with Gasteiger partial charge in [-0.05, 0) is 57.7 Å². The first-order chi connectivity index (χ1) is 7.54. The van der Waals surface area contributed by atoms with E-state index in [9.17, 15) is 13.2 Å². The fourth-order valence-electron chi connectivity index (χ4n) is 2.37. The highest BCUT2D eigenvalue weighted by Crippen LogP contribution is 2.48. The van der Waals surface area contributed by atoms with Crippen molar-refractivity contribution < 1.29 is 13.2 Å². The zero-order valence-electron chi connectivity index (χ0n) is 9.37. The molecule has 0 aromatic carbocycles. The van der Waals surface area contributed by atoms with Crippen molar-refractivity contribution in [2.75, 3.05) is 19.6 Å². The number of rotatable bonds is 4. The summed E-state index contributed by atoms with van der Waals surface area (Å²) in [6.45, 7) is 2.52. The van der Waals surface area contributed by atoms with E-state index in [0.717, 1.165) is 32.4 Å². The highest BCUT2D eigenvalue weighted by atomic mass is 19.4. The van der Waals surface area contributed by atoms with Crippen LogP contribution in [0.3, 0.4) is 0 Å². The number of hydrogen-bond donors (Lipinski definition) is 2. The van der Waals surface area contributed by atoms with E-state index >= 15 is 0 Å². The standard InChI is InChI=1S/C11H19F3N2/c12-11(13,14)10(4-5-10)16-8-3-9-1-6-15-7-2-9/h9,15-16H,1-8H2. The van der Waals surface area contributed by atoms with Crippen LogP contribution in [-0.2, 0) is 0 Å². The van der Waals surface area contributed by atoms with Crippen molar-refractivity contribution in [3.63, 3.8) is 0 Å². The summed E-state index contributed by atoms with van der Waals surface area (Å²) >= 11 is 0. The van der Waals surface area contributed by atoms with Gasteiger partial charge in [-0.3, -0.25) is 0 Å². The molecule has 1 aliphatic carbocycles. The molecule has 0 atom stereocenters. The molecule has 1 heterocycles. The van der Waals surface area contributed by atoms with Crippen molar-refractivity contribution in [1.29, 1.82) is 0 Å². The van der Waals surface area contributed by atoms with Crippen LogP contribution >= 0.6 is 0 Å². The van der Waals surface area contributed by atoms with Gasteiger partial charge in [0.25, 0.3) is 0 Å². The highest BCUT2D eigenvalue weighted by Gasteiger charge is 2.62. The minimum atomic E-state index is -4.07. The molecular formula is C11H19F3N2. The number of halogens is 3. The first-order valence-corrected chi connectivity index (χ1v) is 6.06. The SMILES string of the molecule is FC(F)(F)C1(NCCC2CCNCC2)CC1. The smallest absolute Gasteiger partial charge is 0.317 e. The molecule has 2 nitrogen and oxygen atoms in total. The predicted molar refractivity (Wildman–Crippen MR) is 56.2 cm³/mol. The lowest BCUT2D eigenvalue weighted by Gasteiger charge is -2.25. The van der Waals surface area contributed by atoms with Gasteiger partial charge in [0.05, 0.1) is 0 Å². The summed E-state index contributed by atoms with van der Waals surface area (Å²) in [6, 6.07) is 0. The van der Waals surface area contributed by atoms with E-state index in [1.165, 1.54) is 0 Å². The first-order valence-electron chi connectivity index (χ1n) is 6.06. The fraction of sp³-hybridized carbons (Fsp3) is 1.00. The third kappa shape index (κ3) is 2.69. The van der Waals surface area contributed by atoms with Gasteiger partial charge in [0.2, 0.25) is 0 Å². The van der Waals surface area contributed by atoms with E-state index in [2.05, 4.69) is 10.6 Å². The monoisotopic (exact) mass is 236 g/mol. The Morgan fingerprint density at radius 3 is 2.31 bits per heavy atom. The molecule has 2 rings (SSSR count). The number of nitrogens with one attached hydrogen (secondary N) is 2. The Balaban J connectivity index is 1.68. The van der Waals surface area contributed by atoms with Gasteiger partial charge in [-0.25, -0.2) is 0 Å². The summed E-state index contributed by atoms with van der Waals surface area (Å²) < 4.78 is 37.8. The molecule has 0 aromatic heterocycles. The molecule has 1 saturated carbocycles. The van der Waals surface area contributed by atoms with E-state index in [0.29, 0.717) is 12.5 Å². The van der Waals surface area contributed by atoms with Gasteiger partial charge < -0.3 is 10.6 Å². The highest BCUT2D eigenvalue weighted by molar-refractivity contribution is 5.07. The second kappa shape index (κ2) is 4.53. The van der Waals surface area contributed by atoms with Crippen LogP contribution in [0.5, 0.6) is 0 Å². The molecule has 5 heteroatoms. The van der Waals surface area contributed by atoms with Crippen LogP contribution in [0.4, 0.5) is 13.2 Å². The van der Waals surface area contributed by atoms with Gasteiger partial charge in [0.1, 0.15) is 5.54 Å². The minimum Gasteiger partial charge on any atom is -0.317 e. The lowest BCUT2D eigenvalue weighted by atomic mass is 9.94. The maximum absolute atomic E-state index is 12.6. The molecule has 2 aliphatic rings. The Hall–Kier alpha value is -0.290. The van der Waals surface area contributed by atoms with Gasteiger partial charge >= 0.3 is 6.18 Å². The molecule has 0 aromatic rings. The quantitative estimate of drug-likeness (QED) is 0.780. The average Bonchev–Trinajstić information content (AvgIpc) is 3.00. The molecule has 0 spiro atoms. The minimum absolute atomic E-state index is 0.253. The largest absolute Gasteiger partial charge is 0.406 e. The predicted octanol–water partition coefficient (Wildman–Crippen LogP) is 2.06. The normalized spacial score (nSPS) is 25.7. The summed E-state index contributed by atoms with van der Waals surface area (Å²) in [6.07, 6.45) is -0.493. The molecular weight excluding hydrogens is 217 g/mol. The lowest BCUT2D eigenvalue weighted by Crippen LogP contribution is -2.45. The van der Waals surface area contributed by atoms with E-state index in [1.54, 1.807) is 0 Å². The summed E-state index contributed by atoms with van der Waals surface area (Å²) in [5.74, 6) is 0.595. The van der Waals surface area contributed by atoms with Gasteiger partial charge in [-0.1, -0.05) is 0 Å². The van der Waals surface area contributed by atoms with Crippen molar-refractivity contribution in [3.05, 3.63) is 0 Å². The number of piperidine rings is 1. The molecule has 0 amide bonds. The Labute approximate surface area is 94.0 Å². The Kier molecular flexibility index (Phi) is 3.45. The van der Waals surface area contributed by atoms with Crippen molar-refractivity contribution >= 4 is 0 Å². The van der Waals surface area contributed by atoms with Crippen molar-refractivity contribution in [3.8, 4) is 0 Å². The van der Waals surface area contributed by atoms with Crippen LogP contribution in [0.25, 0.3) is 0 Å². The second-order valence-corrected chi connectivity index (χ2v) is 4.99. The van der Waals surface area contributed by atoms with Gasteiger partial charge in [-0.15, -0.1) is 0 Å². The topological polar surface area (TPSA) is 24.1 Å². The van der Waals surface area contributed by atoms with E-state index < -0.39 is 11.7 Å². The number of hydrogen-bond acceptors (Lipinski definition) is 2. The zero-order valence-corrected chi connectivity index (χ0v) is 9.37. The summed E-state index contributed by atoms with van der Waals surface area (Å²) in [4.78, 5) is 0. The number of alkyl halides is 3. The zero-order chi connectivity index (χ0) is 11.6. The fourth-order valence-corrected chi connectivity index (χ4v) is 2.37. The molecule has 16 heavy (non-hydrogen) atoms. The van der Waals surface area contributed by atoms with E-state index in [4.69, 9.17) is 0 Å². The molecule has 0 radical (unpaired) electrons. The van der Waals surface area contributed by atoms with Gasteiger partial charge in [0, 0.05) is 0 Å². The summed E-state index contributed by atoms with van der Waals surface area (Å²) in [5.41, 5.74) is -1.53. The van der Waals surface area contributed by atoms with Crippen LogP contribution < -0.4 is 10.6 Å². The molecule has 1 saturated heterocycles. The third-order valence-corrected chi connectivity index (χ3v) is 3.77. The molecule has 0 bridgehead atoms. The molecule has 2 N–H and O–H groups in total. The van der Waals surface area contributed by atoms with Crippen LogP contribution in [-0.4, -0.2) is 31.3 Å². The van der Waals surface area contributed by atoms with Crippen LogP contribution in [0, 0.1) is 5.92 Å². The van der Waals surface area contributed by atoms with Crippen LogP contribution in [0.15, 0.2) is 0 Å². The maximum Gasteiger partial charge on any atom is 0.406 e. The van der Waals surface area contributed by atoms with Crippen molar-refractivity contribution in [2.24, 2.45) is 5.92 Å².